The van der Waals surface area contributed by atoms with Gasteiger partial charge in [0.1, 0.15) is 11.8 Å². The molecule has 0 bridgehead atoms. The number of alkyl halides is 3. The predicted molar refractivity (Wildman–Crippen MR) is 133 cm³/mol. The molecule has 10 heteroatoms. The molecule has 7 nitrogen and oxygen atoms in total. The standard InChI is InChI=1S/C28H30F3N3O4/c1-37-27(36)25-14-21-20-4-2-3-5-22(20)32-26(21)24-13-17(33-11-10-18(35)15-33)12-23(34(24)25)16-6-8-19(9-7-16)38-28(29,30)31/h2-9,17-18,23-25,32,35H,10-15H2,1H3/t17-,18+,23-,24+,25-/m0/s1. The van der Waals surface area contributed by atoms with Crippen molar-refractivity contribution >= 4 is 16.9 Å². The van der Waals surface area contributed by atoms with Crippen LogP contribution in [0.25, 0.3) is 10.9 Å². The Bertz CT molecular complexity index is 1330. The van der Waals surface area contributed by atoms with Gasteiger partial charge in [0.05, 0.1) is 19.3 Å². The van der Waals surface area contributed by atoms with Crippen molar-refractivity contribution in [3.63, 3.8) is 0 Å². The number of piperidine rings is 1. The zero-order valence-electron chi connectivity index (χ0n) is 20.9. The second kappa shape index (κ2) is 9.59. The van der Waals surface area contributed by atoms with E-state index in [0.717, 1.165) is 40.7 Å². The average molecular weight is 530 g/mol. The fraction of sp³-hybridized carbons (Fsp3) is 0.464. The number of para-hydroxylation sites is 1. The predicted octanol–water partition coefficient (Wildman–Crippen LogP) is 4.48. The summed E-state index contributed by atoms with van der Waals surface area (Å²) in [6.45, 7) is 1.37. The van der Waals surface area contributed by atoms with Crippen molar-refractivity contribution in [2.24, 2.45) is 0 Å². The highest BCUT2D eigenvalue weighted by atomic mass is 19.4. The van der Waals surface area contributed by atoms with Gasteiger partial charge in [-0.15, -0.1) is 13.2 Å². The number of ether oxygens (including phenoxy) is 2. The van der Waals surface area contributed by atoms with Crippen LogP contribution in [-0.4, -0.2) is 70.6 Å². The number of aliphatic hydroxyl groups excluding tert-OH is 1. The number of nitrogens with one attached hydrogen (secondary N) is 1. The van der Waals surface area contributed by atoms with E-state index >= 15 is 0 Å². The monoisotopic (exact) mass is 529 g/mol. The maximum Gasteiger partial charge on any atom is 0.573 e. The normalized spacial score (nSPS) is 28.2. The third-order valence-corrected chi connectivity index (χ3v) is 8.33. The molecule has 4 heterocycles. The smallest absolute Gasteiger partial charge is 0.468 e. The molecule has 0 spiro atoms. The number of esters is 1. The van der Waals surface area contributed by atoms with Crippen LogP contribution >= 0.6 is 0 Å². The summed E-state index contributed by atoms with van der Waals surface area (Å²) in [6.07, 6.45) is -2.53. The largest absolute Gasteiger partial charge is 0.573 e. The summed E-state index contributed by atoms with van der Waals surface area (Å²) in [5.74, 6) is -0.614. The third-order valence-electron chi connectivity index (χ3n) is 8.33. The zero-order chi connectivity index (χ0) is 26.6. The molecule has 0 amide bonds. The summed E-state index contributed by atoms with van der Waals surface area (Å²) in [7, 11) is 1.39. The highest BCUT2D eigenvalue weighted by Crippen LogP contribution is 2.50. The minimum Gasteiger partial charge on any atom is -0.468 e. The lowest BCUT2D eigenvalue weighted by atomic mass is 9.79. The summed E-state index contributed by atoms with van der Waals surface area (Å²) in [5.41, 5.74) is 3.99. The number of benzene rings is 2. The zero-order valence-corrected chi connectivity index (χ0v) is 20.9. The van der Waals surface area contributed by atoms with Gasteiger partial charge in [-0.2, -0.15) is 0 Å². The van der Waals surface area contributed by atoms with Gasteiger partial charge in [0.2, 0.25) is 0 Å². The van der Waals surface area contributed by atoms with Crippen LogP contribution in [-0.2, 0) is 16.0 Å². The van der Waals surface area contributed by atoms with Crippen LogP contribution in [0.3, 0.4) is 0 Å². The first-order valence-corrected chi connectivity index (χ1v) is 12.9. The number of aliphatic hydroxyl groups is 1. The van der Waals surface area contributed by atoms with Gasteiger partial charge >= 0.3 is 12.3 Å². The van der Waals surface area contributed by atoms with Crippen molar-refractivity contribution in [2.45, 2.75) is 62.3 Å². The molecule has 3 aliphatic rings. The number of hydrogen-bond donors (Lipinski definition) is 2. The number of halogens is 3. The van der Waals surface area contributed by atoms with E-state index in [-0.39, 0.29) is 35.9 Å². The Morgan fingerprint density at radius 3 is 2.50 bits per heavy atom. The van der Waals surface area contributed by atoms with Gasteiger partial charge in [0.15, 0.2) is 0 Å². The third kappa shape index (κ3) is 4.54. The first kappa shape index (κ1) is 25.2. The number of methoxy groups -OCH3 is 1. The second-order valence-corrected chi connectivity index (χ2v) is 10.5. The molecule has 6 rings (SSSR count). The van der Waals surface area contributed by atoms with Crippen LogP contribution in [0.1, 0.15) is 48.2 Å². The highest BCUT2D eigenvalue weighted by Gasteiger charge is 2.49. The number of aromatic amines is 1. The highest BCUT2D eigenvalue weighted by molar-refractivity contribution is 5.87. The summed E-state index contributed by atoms with van der Waals surface area (Å²) in [6, 6.07) is 13.2. The lowest BCUT2D eigenvalue weighted by Crippen LogP contribution is -2.56. The van der Waals surface area contributed by atoms with E-state index in [1.807, 2.05) is 18.2 Å². The SMILES string of the molecule is COC(=O)[C@@H]1Cc2c([nH]c3ccccc23)[C@H]2C[C@@H](N3CC[C@@H](O)C3)C[C@@H](c3ccc(OC(F)(F)F)cc3)N21. The van der Waals surface area contributed by atoms with Crippen LogP contribution in [0.4, 0.5) is 13.2 Å². The number of fused-ring (bicyclic) bond motifs is 5. The Hall–Kier alpha value is -3.08. The number of carbonyl (C=O) groups is 1. The first-order chi connectivity index (χ1) is 18.2. The molecule has 0 unspecified atom stereocenters. The molecule has 0 aliphatic carbocycles. The van der Waals surface area contributed by atoms with Crippen LogP contribution in [0.15, 0.2) is 48.5 Å². The van der Waals surface area contributed by atoms with Crippen LogP contribution in [0.5, 0.6) is 5.75 Å². The molecule has 3 aromatic rings. The number of likely N-dealkylation sites (tertiary alicyclic amines) is 1. The van der Waals surface area contributed by atoms with Gasteiger partial charge in [-0.05, 0) is 48.6 Å². The second-order valence-electron chi connectivity index (χ2n) is 10.5. The molecule has 0 saturated carbocycles. The molecule has 2 saturated heterocycles. The number of hydrogen-bond acceptors (Lipinski definition) is 6. The number of β-amino-alcohol motifs (C(OH)–C–C–N with tert-alkyl or cyclic N) is 1. The molecule has 0 radical (unpaired) electrons. The molecule has 2 fully saturated rings. The molecular formula is C28H30F3N3O4. The Morgan fingerprint density at radius 2 is 1.82 bits per heavy atom. The van der Waals surface area contributed by atoms with E-state index in [2.05, 4.69) is 25.6 Å². The molecule has 38 heavy (non-hydrogen) atoms. The van der Waals surface area contributed by atoms with Crippen LogP contribution < -0.4 is 4.74 Å². The minimum atomic E-state index is -4.77. The van der Waals surface area contributed by atoms with E-state index < -0.39 is 12.4 Å². The topological polar surface area (TPSA) is 78.0 Å². The van der Waals surface area contributed by atoms with E-state index in [0.29, 0.717) is 25.8 Å². The molecule has 5 atom stereocenters. The number of aromatic nitrogens is 1. The number of nitrogens with zero attached hydrogens (tertiary/aromatic N) is 2. The lowest BCUT2D eigenvalue weighted by molar-refractivity contribution is -0.274. The molecule has 2 aromatic carbocycles. The quantitative estimate of drug-likeness (QED) is 0.486. The summed E-state index contributed by atoms with van der Waals surface area (Å²) in [4.78, 5) is 21.3. The number of carbonyl (C=O) groups excluding carboxylic acids is 1. The number of H-pyrrole nitrogens is 1. The van der Waals surface area contributed by atoms with E-state index in [9.17, 15) is 23.1 Å². The number of rotatable bonds is 4. The molecule has 2 N–H and O–H groups in total. The van der Waals surface area contributed by atoms with Crippen molar-refractivity contribution in [1.29, 1.82) is 0 Å². The van der Waals surface area contributed by atoms with Crippen molar-refractivity contribution in [3.8, 4) is 5.75 Å². The minimum absolute atomic E-state index is 0.125. The van der Waals surface area contributed by atoms with Crippen LogP contribution in [0.2, 0.25) is 0 Å². The van der Waals surface area contributed by atoms with E-state index in [1.54, 1.807) is 12.1 Å². The lowest BCUT2D eigenvalue weighted by Gasteiger charge is -2.52. The summed E-state index contributed by atoms with van der Waals surface area (Å²) in [5, 5.41) is 11.3. The summed E-state index contributed by atoms with van der Waals surface area (Å²) < 4.78 is 47.7. The van der Waals surface area contributed by atoms with Crippen molar-refractivity contribution in [3.05, 3.63) is 65.4 Å². The maximum absolute atomic E-state index is 13.2. The maximum atomic E-state index is 13.2. The summed E-state index contributed by atoms with van der Waals surface area (Å²) >= 11 is 0. The van der Waals surface area contributed by atoms with Crippen molar-refractivity contribution < 1.29 is 32.5 Å². The van der Waals surface area contributed by atoms with Crippen molar-refractivity contribution in [2.75, 3.05) is 20.2 Å². The van der Waals surface area contributed by atoms with Crippen molar-refractivity contribution in [1.82, 2.24) is 14.8 Å². The van der Waals surface area contributed by atoms with Gasteiger partial charge in [0.25, 0.3) is 0 Å². The fourth-order valence-electron chi connectivity index (χ4n) is 6.74. The van der Waals surface area contributed by atoms with Gasteiger partial charge in [0, 0.05) is 48.2 Å². The molecular weight excluding hydrogens is 499 g/mol. The molecule has 202 valence electrons. The van der Waals surface area contributed by atoms with Crippen LogP contribution in [0, 0.1) is 0 Å². The average Bonchev–Trinajstić information content (AvgIpc) is 3.50. The fourth-order valence-corrected chi connectivity index (χ4v) is 6.74. The van der Waals surface area contributed by atoms with E-state index in [4.69, 9.17) is 4.74 Å². The van der Waals surface area contributed by atoms with Gasteiger partial charge in [-0.1, -0.05) is 30.3 Å². The first-order valence-electron chi connectivity index (χ1n) is 12.9. The van der Waals surface area contributed by atoms with Gasteiger partial charge in [-0.25, -0.2) is 0 Å². The van der Waals surface area contributed by atoms with Gasteiger partial charge in [-0.3, -0.25) is 14.6 Å². The van der Waals surface area contributed by atoms with E-state index in [1.165, 1.54) is 19.2 Å². The molecule has 1 aromatic heterocycles. The Balaban J connectivity index is 1.44. The van der Waals surface area contributed by atoms with Gasteiger partial charge < -0.3 is 19.6 Å². The Morgan fingerprint density at radius 1 is 1.08 bits per heavy atom. The molecule has 3 aliphatic heterocycles. The Labute approximate surface area is 218 Å². The Kier molecular flexibility index (Phi) is 6.36.